The third-order valence-electron chi connectivity index (χ3n) is 6.32. The van der Waals surface area contributed by atoms with E-state index in [2.05, 4.69) is 0 Å². The van der Waals surface area contributed by atoms with Crippen LogP contribution in [-0.4, -0.2) is 10.2 Å². The number of benzene rings is 3. The van der Waals surface area contributed by atoms with Gasteiger partial charge in [0.05, 0.1) is 6.10 Å². The first kappa shape index (κ1) is 19.8. The Morgan fingerprint density at radius 3 is 1.83 bits per heavy atom. The summed E-state index contributed by atoms with van der Waals surface area (Å²) >= 11 is 0. The maximum atomic E-state index is 13.5. The summed E-state index contributed by atoms with van der Waals surface area (Å²) in [6, 6.07) is 24.5. The summed E-state index contributed by atoms with van der Waals surface area (Å²) in [7, 11) is 0. The molecule has 29 heavy (non-hydrogen) atoms. The van der Waals surface area contributed by atoms with E-state index in [9.17, 15) is 14.6 Å². The quantitative estimate of drug-likeness (QED) is 0.666. The van der Waals surface area contributed by atoms with E-state index in [0.29, 0.717) is 16.7 Å². The molecule has 0 saturated carbocycles. The topological polar surface area (TPSA) is 49.7 Å². The van der Waals surface area contributed by atoms with E-state index >= 15 is 0 Å². The summed E-state index contributed by atoms with van der Waals surface area (Å²) in [5.41, 5.74) is 0.614. The number of hydrogen-bond donors (Lipinski definition) is 2. The van der Waals surface area contributed by atoms with Gasteiger partial charge >= 0.3 is 0 Å². The van der Waals surface area contributed by atoms with Gasteiger partial charge in [-0.2, -0.15) is 0 Å². The minimum Gasteiger partial charge on any atom is -0.384 e. The van der Waals surface area contributed by atoms with E-state index < -0.39 is 29.3 Å². The molecule has 0 radical (unpaired) electrons. The molecule has 150 valence electrons. The Bertz CT molecular complexity index is 960. The Morgan fingerprint density at radius 2 is 1.28 bits per heavy atom. The molecule has 2 N–H and O–H groups in total. The maximum absolute atomic E-state index is 13.5. The Hall–Kier alpha value is -2.53. The van der Waals surface area contributed by atoms with Crippen molar-refractivity contribution in [1.29, 1.82) is 0 Å². The lowest BCUT2D eigenvalue weighted by molar-refractivity contribution is -0.359. The van der Waals surface area contributed by atoms with Crippen molar-refractivity contribution in [1.82, 2.24) is 0 Å². The van der Waals surface area contributed by atoms with Crippen molar-refractivity contribution in [2.45, 2.75) is 31.3 Å². The number of rotatable bonds is 3. The van der Waals surface area contributed by atoms with Gasteiger partial charge in [-0.25, -0.2) is 4.39 Å². The van der Waals surface area contributed by atoms with Crippen LogP contribution < -0.4 is 0 Å². The first-order valence-corrected chi connectivity index (χ1v) is 9.86. The van der Waals surface area contributed by atoms with Crippen LogP contribution in [0.2, 0.25) is 0 Å². The van der Waals surface area contributed by atoms with Gasteiger partial charge in [-0.1, -0.05) is 86.6 Å². The van der Waals surface area contributed by atoms with Crippen LogP contribution in [-0.2, 0) is 16.1 Å². The number of hydrogen-bond acceptors (Lipinski definition) is 3. The highest BCUT2D eigenvalue weighted by atomic mass is 19.1. The molecular formula is C25H25FO3. The molecule has 5 atom stereocenters. The van der Waals surface area contributed by atoms with Crippen molar-refractivity contribution in [3.8, 4) is 0 Å². The standard InChI is InChI=1S/C25H25FO3/c1-17-23(19-13-15-22(26)16-14-19)29-25(28,21-11-7-4-8-12-21)18(2)24(17,27)20-9-5-3-6-10-20/h3-18,23,27-28H,1-2H3/t17-,18-,23+,24-,25-/m1/s1. The second kappa shape index (κ2) is 7.38. The van der Waals surface area contributed by atoms with E-state index in [0.717, 1.165) is 0 Å². The zero-order valence-corrected chi connectivity index (χ0v) is 16.5. The minimum absolute atomic E-state index is 0.345. The van der Waals surface area contributed by atoms with E-state index in [1.165, 1.54) is 12.1 Å². The van der Waals surface area contributed by atoms with Crippen molar-refractivity contribution >= 4 is 0 Å². The average Bonchev–Trinajstić information content (AvgIpc) is 2.77. The van der Waals surface area contributed by atoms with Gasteiger partial charge in [-0.05, 0) is 23.3 Å². The Labute approximate surface area is 170 Å². The average molecular weight is 392 g/mol. The number of ether oxygens (including phenoxy) is 1. The summed E-state index contributed by atoms with van der Waals surface area (Å²) in [6.07, 6.45) is -0.637. The first-order chi connectivity index (χ1) is 13.9. The zero-order chi connectivity index (χ0) is 20.6. The third kappa shape index (κ3) is 3.18. The van der Waals surface area contributed by atoms with Crippen molar-refractivity contribution in [3.63, 3.8) is 0 Å². The zero-order valence-electron chi connectivity index (χ0n) is 16.5. The van der Waals surface area contributed by atoms with E-state index in [1.807, 2.05) is 55.5 Å². The number of aliphatic hydroxyl groups is 2. The Morgan fingerprint density at radius 1 is 0.759 bits per heavy atom. The molecular weight excluding hydrogens is 367 g/mol. The molecule has 0 aromatic heterocycles. The maximum Gasteiger partial charge on any atom is 0.198 e. The normalized spacial score (nSPS) is 32.1. The molecule has 1 heterocycles. The van der Waals surface area contributed by atoms with Gasteiger partial charge < -0.3 is 14.9 Å². The second-order valence-electron chi connectivity index (χ2n) is 7.85. The molecule has 4 rings (SSSR count). The third-order valence-corrected chi connectivity index (χ3v) is 6.32. The predicted octanol–water partition coefficient (Wildman–Crippen LogP) is 4.90. The van der Waals surface area contributed by atoms with Crippen LogP contribution in [0.4, 0.5) is 4.39 Å². The van der Waals surface area contributed by atoms with Gasteiger partial charge in [0, 0.05) is 17.4 Å². The molecule has 1 aliphatic heterocycles. The Kier molecular flexibility index (Phi) is 5.03. The SMILES string of the molecule is C[C@@H]1[C@@H](c2ccc(F)cc2)O[C@@](O)(c2ccccc2)[C@H](C)[C@@]1(O)c1ccccc1. The molecule has 3 nitrogen and oxygen atoms in total. The highest BCUT2D eigenvalue weighted by Gasteiger charge is 2.59. The van der Waals surface area contributed by atoms with Gasteiger partial charge in [0.25, 0.3) is 0 Å². The van der Waals surface area contributed by atoms with Gasteiger partial charge in [-0.3, -0.25) is 0 Å². The monoisotopic (exact) mass is 392 g/mol. The summed E-state index contributed by atoms with van der Waals surface area (Å²) in [6.45, 7) is 3.71. The van der Waals surface area contributed by atoms with Crippen LogP contribution in [0.5, 0.6) is 0 Å². The van der Waals surface area contributed by atoms with Crippen LogP contribution in [0.3, 0.4) is 0 Å². The Balaban J connectivity index is 1.89. The molecule has 0 bridgehead atoms. The van der Waals surface area contributed by atoms with Crippen LogP contribution in [0, 0.1) is 17.7 Å². The second-order valence-corrected chi connectivity index (χ2v) is 7.85. The highest BCUT2D eigenvalue weighted by molar-refractivity contribution is 5.32. The van der Waals surface area contributed by atoms with Gasteiger partial charge in [0.1, 0.15) is 11.4 Å². The molecule has 0 spiro atoms. The fourth-order valence-electron chi connectivity index (χ4n) is 4.54. The largest absolute Gasteiger partial charge is 0.384 e. The van der Waals surface area contributed by atoms with Gasteiger partial charge in [0.15, 0.2) is 5.79 Å². The van der Waals surface area contributed by atoms with Crippen molar-refractivity contribution in [2.75, 3.05) is 0 Å². The van der Waals surface area contributed by atoms with Crippen LogP contribution >= 0.6 is 0 Å². The molecule has 1 aliphatic rings. The molecule has 0 unspecified atom stereocenters. The molecule has 1 fully saturated rings. The van der Waals surface area contributed by atoms with Gasteiger partial charge in [0.2, 0.25) is 0 Å². The molecule has 3 aromatic rings. The van der Waals surface area contributed by atoms with Gasteiger partial charge in [-0.15, -0.1) is 0 Å². The van der Waals surface area contributed by atoms with E-state index in [4.69, 9.17) is 4.74 Å². The molecule has 1 saturated heterocycles. The lowest BCUT2D eigenvalue weighted by Crippen LogP contribution is -2.58. The van der Waals surface area contributed by atoms with E-state index in [-0.39, 0.29) is 5.82 Å². The van der Waals surface area contributed by atoms with Crippen molar-refractivity contribution in [3.05, 3.63) is 107 Å². The van der Waals surface area contributed by atoms with Crippen LogP contribution in [0.25, 0.3) is 0 Å². The summed E-state index contributed by atoms with van der Waals surface area (Å²) in [5, 5.41) is 23.8. The van der Waals surface area contributed by atoms with Crippen molar-refractivity contribution < 1.29 is 19.3 Å². The fourth-order valence-corrected chi connectivity index (χ4v) is 4.54. The number of halogens is 1. The fraction of sp³-hybridized carbons (Fsp3) is 0.280. The lowest BCUT2D eigenvalue weighted by atomic mass is 9.64. The predicted molar refractivity (Wildman–Crippen MR) is 109 cm³/mol. The summed E-state index contributed by atoms with van der Waals surface area (Å²) in [4.78, 5) is 0. The molecule has 4 heteroatoms. The van der Waals surface area contributed by atoms with Crippen molar-refractivity contribution in [2.24, 2.45) is 11.8 Å². The smallest absolute Gasteiger partial charge is 0.198 e. The highest BCUT2D eigenvalue weighted by Crippen LogP contribution is 2.56. The molecule has 3 aromatic carbocycles. The molecule has 0 aliphatic carbocycles. The molecule has 0 amide bonds. The summed E-state index contributed by atoms with van der Waals surface area (Å²) < 4.78 is 19.8. The van der Waals surface area contributed by atoms with Crippen LogP contribution in [0.15, 0.2) is 84.9 Å². The van der Waals surface area contributed by atoms with Crippen LogP contribution in [0.1, 0.15) is 36.6 Å². The lowest BCUT2D eigenvalue weighted by Gasteiger charge is -2.55. The minimum atomic E-state index is -1.72. The first-order valence-electron chi connectivity index (χ1n) is 9.86. The van der Waals surface area contributed by atoms with E-state index in [1.54, 1.807) is 31.2 Å². The summed E-state index contributed by atoms with van der Waals surface area (Å²) in [5.74, 6) is -3.12.